The molecule has 0 amide bonds. The van der Waals surface area contributed by atoms with Crippen molar-refractivity contribution in [2.24, 2.45) is 0 Å². The average Bonchev–Trinajstić information content (AvgIpc) is 2.55. The summed E-state index contributed by atoms with van der Waals surface area (Å²) in [5.41, 5.74) is 0.862. The van der Waals surface area contributed by atoms with Crippen LogP contribution in [0.5, 0.6) is 5.75 Å². The fourth-order valence-corrected chi connectivity index (χ4v) is 3.84. The quantitative estimate of drug-likeness (QED) is 0.721. The maximum absolute atomic E-state index is 12.7. The molecule has 0 radical (unpaired) electrons. The summed E-state index contributed by atoms with van der Waals surface area (Å²) in [4.78, 5) is 0. The maximum atomic E-state index is 12.7. The van der Waals surface area contributed by atoms with Gasteiger partial charge in [0.2, 0.25) is 0 Å². The molecule has 1 N–H and O–H groups in total. The van der Waals surface area contributed by atoms with Crippen molar-refractivity contribution in [2.75, 3.05) is 47.1 Å². The van der Waals surface area contributed by atoms with E-state index in [-0.39, 0.29) is 19.1 Å². The van der Waals surface area contributed by atoms with Gasteiger partial charge in [-0.1, -0.05) is 18.2 Å². The molecule has 1 aromatic rings. The molecule has 1 aromatic carbocycles. The molecule has 0 saturated heterocycles. The van der Waals surface area contributed by atoms with E-state index in [9.17, 15) is 8.42 Å². The van der Waals surface area contributed by atoms with Gasteiger partial charge in [-0.2, -0.15) is 17.4 Å². The third-order valence-corrected chi connectivity index (χ3v) is 5.31. The lowest BCUT2D eigenvalue weighted by Crippen LogP contribution is -2.45. The molecule has 0 bridgehead atoms. The average molecular weight is 344 g/mol. The van der Waals surface area contributed by atoms with E-state index in [0.29, 0.717) is 26.2 Å². The van der Waals surface area contributed by atoms with Crippen LogP contribution < -0.4 is 9.46 Å². The van der Waals surface area contributed by atoms with Crippen molar-refractivity contribution in [1.82, 2.24) is 9.03 Å². The first kappa shape index (κ1) is 18.2. The van der Waals surface area contributed by atoms with E-state index in [1.165, 1.54) is 4.31 Å². The number of nitrogens with zero attached hydrogens (tertiary/aromatic N) is 1. The Balaban J connectivity index is 2.12. The summed E-state index contributed by atoms with van der Waals surface area (Å²) in [5.74, 6) is 0.729. The minimum absolute atomic E-state index is 0.278. The third-order valence-electron chi connectivity index (χ3n) is 3.68. The molecule has 130 valence electrons. The standard InChI is InChI=1S/C15H24N2O5S/c1-20-11-8-17(9-12-21-2)23(18,19)16-14-7-10-22-15-6-4-3-5-13(14)15/h3-6,14,16H,7-12H2,1-2H3/t14-/m0/s1. The molecule has 0 fully saturated rings. The summed E-state index contributed by atoms with van der Waals surface area (Å²) in [7, 11) is -0.552. The fraction of sp³-hybridized carbons (Fsp3) is 0.600. The minimum Gasteiger partial charge on any atom is -0.493 e. The van der Waals surface area contributed by atoms with E-state index in [0.717, 1.165) is 11.3 Å². The number of rotatable bonds is 9. The van der Waals surface area contributed by atoms with Gasteiger partial charge in [0, 0.05) is 39.3 Å². The first-order valence-electron chi connectivity index (χ1n) is 7.55. The summed E-state index contributed by atoms with van der Waals surface area (Å²) < 4.78 is 45.1. The Morgan fingerprint density at radius 2 is 1.87 bits per heavy atom. The van der Waals surface area contributed by atoms with Crippen LogP contribution >= 0.6 is 0 Å². The van der Waals surface area contributed by atoms with Crippen LogP contribution in [0.4, 0.5) is 0 Å². The molecular formula is C15H24N2O5S. The summed E-state index contributed by atoms with van der Waals surface area (Å²) in [6.07, 6.45) is 0.596. The molecular weight excluding hydrogens is 320 g/mol. The van der Waals surface area contributed by atoms with E-state index in [2.05, 4.69) is 4.72 Å². The van der Waals surface area contributed by atoms with Crippen molar-refractivity contribution in [3.05, 3.63) is 29.8 Å². The Kier molecular flexibility index (Phi) is 6.79. The molecule has 0 saturated carbocycles. The molecule has 1 atom stereocenters. The Hall–Kier alpha value is -1.19. The molecule has 0 aliphatic carbocycles. The lowest BCUT2D eigenvalue weighted by molar-refractivity contribution is 0.149. The predicted octanol–water partition coefficient (Wildman–Crippen LogP) is 0.939. The number of benzene rings is 1. The predicted molar refractivity (Wildman–Crippen MR) is 86.7 cm³/mol. The third kappa shape index (κ3) is 4.89. The van der Waals surface area contributed by atoms with E-state index in [4.69, 9.17) is 14.2 Å². The number of fused-ring (bicyclic) bond motifs is 1. The van der Waals surface area contributed by atoms with Gasteiger partial charge in [0.15, 0.2) is 0 Å². The molecule has 8 heteroatoms. The highest BCUT2D eigenvalue weighted by molar-refractivity contribution is 7.87. The van der Waals surface area contributed by atoms with Crippen LogP contribution in [-0.2, 0) is 19.7 Å². The zero-order valence-corrected chi connectivity index (χ0v) is 14.3. The molecule has 1 heterocycles. The van der Waals surface area contributed by atoms with Gasteiger partial charge in [-0.05, 0) is 6.07 Å². The zero-order chi connectivity index (χ0) is 16.7. The SMILES string of the molecule is COCCN(CCOC)S(=O)(=O)N[C@H]1CCOc2ccccc21. The van der Waals surface area contributed by atoms with Crippen molar-refractivity contribution >= 4 is 10.2 Å². The van der Waals surface area contributed by atoms with Crippen LogP contribution in [0, 0.1) is 0 Å². The highest BCUT2D eigenvalue weighted by Gasteiger charge is 2.29. The monoisotopic (exact) mass is 344 g/mol. The van der Waals surface area contributed by atoms with Crippen LogP contribution in [0.15, 0.2) is 24.3 Å². The number of hydrogen-bond acceptors (Lipinski definition) is 5. The van der Waals surface area contributed by atoms with Crippen molar-refractivity contribution < 1.29 is 22.6 Å². The Morgan fingerprint density at radius 1 is 1.22 bits per heavy atom. The topological polar surface area (TPSA) is 77.1 Å². The normalized spacial score (nSPS) is 17.8. The fourth-order valence-electron chi connectivity index (χ4n) is 2.46. The highest BCUT2D eigenvalue weighted by Crippen LogP contribution is 2.32. The number of hydrogen-bond donors (Lipinski definition) is 1. The van der Waals surface area contributed by atoms with Gasteiger partial charge >= 0.3 is 0 Å². The second kappa shape index (κ2) is 8.60. The lowest BCUT2D eigenvalue weighted by Gasteiger charge is -2.29. The van der Waals surface area contributed by atoms with Crippen LogP contribution in [0.25, 0.3) is 0 Å². The Morgan fingerprint density at radius 3 is 2.52 bits per heavy atom. The van der Waals surface area contributed by atoms with Crippen LogP contribution in [-0.4, -0.2) is 59.9 Å². The van der Waals surface area contributed by atoms with Gasteiger partial charge in [0.05, 0.1) is 25.9 Å². The van der Waals surface area contributed by atoms with Gasteiger partial charge in [-0.3, -0.25) is 0 Å². The van der Waals surface area contributed by atoms with Crippen molar-refractivity contribution in [2.45, 2.75) is 12.5 Å². The number of methoxy groups -OCH3 is 2. The maximum Gasteiger partial charge on any atom is 0.280 e. The van der Waals surface area contributed by atoms with Gasteiger partial charge in [-0.25, -0.2) is 0 Å². The van der Waals surface area contributed by atoms with Crippen LogP contribution in [0.1, 0.15) is 18.0 Å². The van der Waals surface area contributed by atoms with E-state index >= 15 is 0 Å². The van der Waals surface area contributed by atoms with Crippen LogP contribution in [0.2, 0.25) is 0 Å². The second-order valence-electron chi connectivity index (χ2n) is 5.24. The summed E-state index contributed by atoms with van der Waals surface area (Å²) >= 11 is 0. The summed E-state index contributed by atoms with van der Waals surface area (Å²) in [6.45, 7) is 1.70. The summed E-state index contributed by atoms with van der Waals surface area (Å²) in [5, 5.41) is 0. The number of para-hydroxylation sites is 1. The minimum atomic E-state index is -3.64. The van der Waals surface area contributed by atoms with E-state index in [1.54, 1.807) is 14.2 Å². The van der Waals surface area contributed by atoms with Gasteiger partial charge in [0.1, 0.15) is 5.75 Å². The number of nitrogens with one attached hydrogen (secondary N) is 1. The molecule has 0 unspecified atom stereocenters. The first-order chi connectivity index (χ1) is 11.1. The molecule has 2 rings (SSSR count). The molecule has 1 aliphatic rings. The zero-order valence-electron chi connectivity index (χ0n) is 13.5. The van der Waals surface area contributed by atoms with Crippen LogP contribution in [0.3, 0.4) is 0 Å². The molecule has 7 nitrogen and oxygen atoms in total. The second-order valence-corrected chi connectivity index (χ2v) is 6.94. The molecule has 1 aliphatic heterocycles. The Labute approximate surface area is 137 Å². The molecule has 23 heavy (non-hydrogen) atoms. The highest BCUT2D eigenvalue weighted by atomic mass is 32.2. The Bertz CT molecular complexity index is 585. The van der Waals surface area contributed by atoms with Gasteiger partial charge < -0.3 is 14.2 Å². The molecule has 0 spiro atoms. The smallest absolute Gasteiger partial charge is 0.280 e. The molecule has 0 aromatic heterocycles. The van der Waals surface area contributed by atoms with Gasteiger partial charge in [0.25, 0.3) is 10.2 Å². The van der Waals surface area contributed by atoms with Gasteiger partial charge in [-0.15, -0.1) is 0 Å². The van der Waals surface area contributed by atoms with Crippen molar-refractivity contribution in [3.8, 4) is 5.75 Å². The number of ether oxygens (including phenoxy) is 3. The van der Waals surface area contributed by atoms with E-state index < -0.39 is 10.2 Å². The summed E-state index contributed by atoms with van der Waals surface area (Å²) in [6, 6.07) is 7.19. The van der Waals surface area contributed by atoms with Crippen molar-refractivity contribution in [3.63, 3.8) is 0 Å². The van der Waals surface area contributed by atoms with E-state index in [1.807, 2.05) is 24.3 Å². The largest absolute Gasteiger partial charge is 0.493 e. The van der Waals surface area contributed by atoms with Crippen molar-refractivity contribution in [1.29, 1.82) is 0 Å². The lowest BCUT2D eigenvalue weighted by atomic mass is 10.0. The first-order valence-corrected chi connectivity index (χ1v) is 8.99.